The van der Waals surface area contributed by atoms with Gasteiger partial charge in [0.2, 0.25) is 0 Å². The third kappa shape index (κ3) is 11.2. The average molecular weight is 1400 g/mol. The first kappa shape index (κ1) is 65.8. The molecule has 1 unspecified atom stereocenters. The fourth-order valence-electron chi connectivity index (χ4n) is 18.4. The number of fused-ring (bicyclic) bond motifs is 9. The zero-order chi connectivity index (χ0) is 73.4. The molecule has 2 heteroatoms. The zero-order valence-corrected chi connectivity index (χ0v) is 61.8. The van der Waals surface area contributed by atoms with Crippen LogP contribution in [0.15, 0.2) is 406 Å². The fraction of sp³-hybridized carbons (Fsp3) is 0.0556. The minimum Gasteiger partial charge on any atom is -0.310 e. The van der Waals surface area contributed by atoms with Crippen molar-refractivity contribution in [1.82, 2.24) is 0 Å². The molecule has 2 nitrogen and oxygen atoms in total. The minimum absolute atomic E-state index is 0.191. The summed E-state index contributed by atoms with van der Waals surface area (Å²) in [5.41, 5.74) is 34.4. The molecule has 0 fully saturated rings. The van der Waals surface area contributed by atoms with Crippen molar-refractivity contribution in [2.45, 2.75) is 38.0 Å². The Morgan fingerprint density at radius 3 is 1.32 bits per heavy atom. The lowest BCUT2D eigenvalue weighted by atomic mass is 9.74. The van der Waals surface area contributed by atoms with Crippen LogP contribution in [0.1, 0.15) is 48.6 Å². The smallest absolute Gasteiger partial charge is 0.0543 e. The maximum Gasteiger partial charge on any atom is 0.0543 e. The van der Waals surface area contributed by atoms with Crippen molar-refractivity contribution in [2.75, 3.05) is 9.80 Å². The summed E-state index contributed by atoms with van der Waals surface area (Å²) in [6.45, 7) is 7.24. The zero-order valence-electron chi connectivity index (χ0n) is 61.8. The van der Waals surface area contributed by atoms with Crippen LogP contribution in [-0.2, 0) is 17.3 Å². The molecule has 2 aliphatic rings. The lowest BCUT2D eigenvalue weighted by Gasteiger charge is -2.32. The molecule has 0 bridgehead atoms. The molecule has 0 amide bonds. The van der Waals surface area contributed by atoms with Gasteiger partial charge < -0.3 is 9.80 Å². The van der Waals surface area contributed by atoms with Gasteiger partial charge in [-0.3, -0.25) is 0 Å². The predicted molar refractivity (Wildman–Crippen MR) is 466 cm³/mol. The summed E-state index contributed by atoms with van der Waals surface area (Å²) >= 11 is 0. The molecule has 0 spiro atoms. The van der Waals surface area contributed by atoms with Gasteiger partial charge in [-0.1, -0.05) is 373 Å². The summed E-state index contributed by atoms with van der Waals surface area (Å²) < 4.78 is 0. The van der Waals surface area contributed by atoms with E-state index < -0.39 is 5.41 Å². The Hall–Kier alpha value is -13.7. The second-order valence-electron chi connectivity index (χ2n) is 30.4. The Balaban J connectivity index is 0.669. The Kier molecular flexibility index (Phi) is 16.1. The van der Waals surface area contributed by atoms with Gasteiger partial charge >= 0.3 is 0 Å². The van der Waals surface area contributed by atoms with Crippen LogP contribution in [0.4, 0.5) is 34.1 Å². The predicted octanol–water partition coefficient (Wildman–Crippen LogP) is 29.6. The molecule has 0 aromatic heterocycles. The van der Waals surface area contributed by atoms with E-state index in [2.05, 4.69) is 437 Å². The van der Waals surface area contributed by atoms with Crippen LogP contribution >= 0.6 is 0 Å². The molecule has 18 aromatic carbocycles. The monoisotopic (exact) mass is 1400 g/mol. The minimum atomic E-state index is -0.390. The van der Waals surface area contributed by atoms with Crippen molar-refractivity contribution in [3.8, 4) is 100 Å². The highest BCUT2D eigenvalue weighted by atomic mass is 15.2. The van der Waals surface area contributed by atoms with Crippen molar-refractivity contribution < 1.29 is 0 Å². The van der Waals surface area contributed by atoms with Gasteiger partial charge in [-0.25, -0.2) is 0 Å². The summed E-state index contributed by atoms with van der Waals surface area (Å²) in [5, 5.41) is 7.47. The van der Waals surface area contributed by atoms with Gasteiger partial charge in [-0.2, -0.15) is 0 Å². The van der Waals surface area contributed by atoms with Gasteiger partial charge in [0.15, 0.2) is 0 Å². The second-order valence-corrected chi connectivity index (χ2v) is 30.4. The highest BCUT2D eigenvalue weighted by molar-refractivity contribution is 6.04. The number of benzene rings is 18. The molecule has 0 heterocycles. The summed E-state index contributed by atoms with van der Waals surface area (Å²) in [4.78, 5) is 5.06. The number of hydrogen-bond acceptors (Lipinski definition) is 2. The molecule has 0 N–H and O–H groups in total. The Morgan fingerprint density at radius 1 is 0.209 bits per heavy atom. The molecule has 0 saturated heterocycles. The maximum atomic E-state index is 2.55. The molecule has 2 aliphatic carbocycles. The molecule has 520 valence electrons. The van der Waals surface area contributed by atoms with E-state index in [-0.39, 0.29) is 5.41 Å². The van der Waals surface area contributed by atoms with E-state index in [1.165, 1.54) is 132 Å². The lowest BCUT2D eigenvalue weighted by molar-refractivity contribution is 0.585. The van der Waals surface area contributed by atoms with Crippen molar-refractivity contribution in [3.05, 3.63) is 434 Å². The number of rotatable bonds is 15. The first-order valence-electron chi connectivity index (χ1n) is 38.5. The van der Waals surface area contributed by atoms with Crippen molar-refractivity contribution in [1.29, 1.82) is 0 Å². The quantitative estimate of drug-likeness (QED) is 0.101. The normalized spacial score (nSPS) is 13.7. The van der Waals surface area contributed by atoms with Gasteiger partial charge in [-0.05, 0) is 199 Å². The van der Waals surface area contributed by atoms with Crippen molar-refractivity contribution >= 4 is 66.4 Å². The van der Waals surface area contributed by atoms with Gasteiger partial charge in [-0.15, -0.1) is 0 Å². The molecule has 20 rings (SSSR count). The van der Waals surface area contributed by atoms with Crippen LogP contribution in [0.25, 0.3) is 132 Å². The van der Waals surface area contributed by atoms with Crippen LogP contribution in [0.2, 0.25) is 0 Å². The Labute approximate surface area is 644 Å². The first-order valence-corrected chi connectivity index (χ1v) is 38.5. The number of hydrogen-bond donors (Lipinski definition) is 0. The van der Waals surface area contributed by atoms with Gasteiger partial charge in [0, 0.05) is 44.5 Å². The molecule has 0 saturated carbocycles. The highest BCUT2D eigenvalue weighted by Crippen LogP contribution is 2.59. The molecule has 1 atom stereocenters. The molecule has 18 aromatic rings. The number of para-hydroxylation sites is 2. The van der Waals surface area contributed by atoms with E-state index in [9.17, 15) is 0 Å². The molecule has 0 aliphatic heterocycles. The van der Waals surface area contributed by atoms with Crippen LogP contribution in [-0.4, -0.2) is 0 Å². The Bertz CT molecular complexity index is 6600. The third-order valence-corrected chi connectivity index (χ3v) is 23.8. The van der Waals surface area contributed by atoms with Gasteiger partial charge in [0.05, 0.1) is 22.7 Å². The maximum absolute atomic E-state index is 2.55. The standard InChI is InChI=1S/C108H78N2/c1-107(2)97-47-17-13-41-95(97)105-99(107)49-25-54-104(105)110(101-51-19-15-39-92(101)78-58-55-73(56-59-78)81-64-57-72-27-7-8-31-80(72)69-81)102-52-20-16-40-93(102)79-62-60-76(61-63-79)89-44-24-45-91-83(34-23-46-94(89)91)71-108(3)98-48-18-14-42-96(98)106-100(108)50-26-53-103(106)109(84-67-65-77(66-68-84)88-43-22-32-75-30-9-10-36-86(75)88)85-35-21-33-82(70-85)90-38-12-11-37-87(90)74-28-5-4-6-29-74/h4-70H,71H2,1-3H3. The van der Waals surface area contributed by atoms with Crippen LogP contribution < -0.4 is 9.80 Å². The van der Waals surface area contributed by atoms with E-state index >= 15 is 0 Å². The SMILES string of the molecule is CC1(C)c2ccccc2-c2c(N(c3ccccc3-c3ccc(-c4ccc5ccccc5c4)cc3)c3ccccc3-c3ccc(-c4cccc5c(CC6(C)c7ccccc7-c7c(N(c8ccc(-c9cccc%10ccccc9%10)cc8)c8cccc(-c9ccccc9-c9ccccc9)c8)cccc76)cccc45)cc3)cccc21. The van der Waals surface area contributed by atoms with Crippen molar-refractivity contribution in [3.63, 3.8) is 0 Å². The van der Waals surface area contributed by atoms with E-state index in [0.717, 1.165) is 68.4 Å². The van der Waals surface area contributed by atoms with Crippen LogP contribution in [0.5, 0.6) is 0 Å². The van der Waals surface area contributed by atoms with Crippen LogP contribution in [0.3, 0.4) is 0 Å². The number of nitrogens with zero attached hydrogens (tertiary/aromatic N) is 2. The summed E-state index contributed by atoms with van der Waals surface area (Å²) in [6, 6.07) is 151. The summed E-state index contributed by atoms with van der Waals surface area (Å²) in [7, 11) is 0. The average Bonchev–Trinajstić information content (AvgIpc) is 1.56. The fourth-order valence-corrected chi connectivity index (χ4v) is 18.4. The molecule has 0 radical (unpaired) electrons. The topological polar surface area (TPSA) is 6.48 Å². The van der Waals surface area contributed by atoms with E-state index in [4.69, 9.17) is 0 Å². The van der Waals surface area contributed by atoms with Crippen molar-refractivity contribution in [2.24, 2.45) is 0 Å². The lowest BCUT2D eigenvalue weighted by Crippen LogP contribution is -2.24. The molecular weight excluding hydrogens is 1330 g/mol. The largest absolute Gasteiger partial charge is 0.310 e. The highest BCUT2D eigenvalue weighted by Gasteiger charge is 2.42. The Morgan fingerprint density at radius 2 is 0.618 bits per heavy atom. The summed E-state index contributed by atoms with van der Waals surface area (Å²) in [6.07, 6.45) is 0.798. The molecule has 110 heavy (non-hydrogen) atoms. The first-order chi connectivity index (χ1) is 54.2. The van der Waals surface area contributed by atoms with E-state index in [0.29, 0.717) is 0 Å². The molecular formula is C108H78N2. The van der Waals surface area contributed by atoms with Crippen LogP contribution in [0, 0.1) is 0 Å². The van der Waals surface area contributed by atoms with E-state index in [1.54, 1.807) is 0 Å². The second kappa shape index (κ2) is 27.0. The third-order valence-electron chi connectivity index (χ3n) is 23.8. The van der Waals surface area contributed by atoms with E-state index in [1.807, 2.05) is 0 Å². The summed E-state index contributed by atoms with van der Waals surface area (Å²) in [5.74, 6) is 0. The van der Waals surface area contributed by atoms with Gasteiger partial charge in [0.1, 0.15) is 0 Å². The van der Waals surface area contributed by atoms with Gasteiger partial charge in [0.25, 0.3) is 0 Å². The number of anilines is 6.